The average Bonchev–Trinajstić information content (AvgIpc) is 2.84. The fraction of sp³-hybridized carbons (Fsp3) is 0.409. The fourth-order valence-corrected chi connectivity index (χ4v) is 4.19. The molecule has 0 bridgehead atoms. The van der Waals surface area contributed by atoms with Crippen molar-refractivity contribution in [2.24, 2.45) is 0 Å². The van der Waals surface area contributed by atoms with Gasteiger partial charge in [0.15, 0.2) is 0 Å². The molecular weight excluding hydrogens is 341 g/mol. The predicted octanol–water partition coefficient (Wildman–Crippen LogP) is 3.38. The third-order valence-corrected chi connectivity index (χ3v) is 5.69. The minimum atomic E-state index is -0.314. The van der Waals surface area contributed by atoms with Gasteiger partial charge in [-0.25, -0.2) is 4.39 Å². The Labute approximate surface area is 160 Å². The maximum atomic E-state index is 13.2. The Kier molecular flexibility index (Phi) is 4.87. The first-order valence-electron chi connectivity index (χ1n) is 9.66. The molecule has 27 heavy (non-hydrogen) atoms. The molecule has 2 aromatic rings. The van der Waals surface area contributed by atoms with Crippen LogP contribution in [-0.2, 0) is 6.54 Å². The van der Waals surface area contributed by atoms with E-state index in [0.29, 0.717) is 24.7 Å². The quantitative estimate of drug-likeness (QED) is 0.814. The highest BCUT2D eigenvalue weighted by atomic mass is 19.1. The number of rotatable bonds is 2. The Bertz CT molecular complexity index is 821. The van der Waals surface area contributed by atoms with Crippen LogP contribution < -0.4 is 4.90 Å². The van der Waals surface area contributed by atoms with Gasteiger partial charge in [0.25, 0.3) is 5.91 Å². The van der Waals surface area contributed by atoms with E-state index in [1.54, 1.807) is 12.1 Å². The predicted molar refractivity (Wildman–Crippen MR) is 105 cm³/mol. The SMILES string of the molecule is CC(C)N1CC2CN(C(=O)c3ccc(F)cc3)CCN2Cc2ccccc21. The summed E-state index contributed by atoms with van der Waals surface area (Å²) < 4.78 is 13.2. The number of amides is 1. The number of carbonyl (C=O) groups excluding carboxylic acids is 1. The lowest BCUT2D eigenvalue weighted by atomic mass is 10.1. The lowest BCUT2D eigenvalue weighted by Gasteiger charge is -2.42. The van der Waals surface area contributed by atoms with Gasteiger partial charge in [-0.3, -0.25) is 9.69 Å². The molecule has 0 spiro atoms. The van der Waals surface area contributed by atoms with E-state index < -0.39 is 0 Å². The van der Waals surface area contributed by atoms with E-state index in [4.69, 9.17) is 0 Å². The molecule has 4 rings (SSSR count). The molecule has 2 aliphatic heterocycles. The van der Waals surface area contributed by atoms with Gasteiger partial charge in [0, 0.05) is 56.1 Å². The number of anilines is 1. The van der Waals surface area contributed by atoms with Gasteiger partial charge in [0.05, 0.1) is 0 Å². The van der Waals surface area contributed by atoms with E-state index in [0.717, 1.165) is 19.6 Å². The van der Waals surface area contributed by atoms with Crippen molar-refractivity contribution in [3.8, 4) is 0 Å². The lowest BCUT2D eigenvalue weighted by molar-refractivity contribution is 0.0482. The molecule has 2 aliphatic rings. The topological polar surface area (TPSA) is 26.8 Å². The molecule has 2 aromatic carbocycles. The van der Waals surface area contributed by atoms with Crippen LogP contribution in [0.3, 0.4) is 0 Å². The number of carbonyl (C=O) groups is 1. The van der Waals surface area contributed by atoms with Crippen molar-refractivity contribution >= 4 is 11.6 Å². The maximum absolute atomic E-state index is 13.2. The summed E-state index contributed by atoms with van der Waals surface area (Å²) in [5, 5.41) is 0. The standard InChI is InChI=1S/C22H26FN3O/c1-16(2)26-15-20-14-25(22(27)17-7-9-19(23)10-8-17)12-11-24(20)13-18-5-3-4-6-21(18)26/h3-10,16,20H,11-15H2,1-2H3. The Balaban J connectivity index is 1.55. The number of hydrogen-bond donors (Lipinski definition) is 0. The molecule has 1 atom stereocenters. The average molecular weight is 367 g/mol. The third-order valence-electron chi connectivity index (χ3n) is 5.69. The van der Waals surface area contributed by atoms with Crippen molar-refractivity contribution in [2.45, 2.75) is 32.5 Å². The zero-order valence-electron chi connectivity index (χ0n) is 15.9. The number of para-hydroxylation sites is 1. The first-order chi connectivity index (χ1) is 13.0. The summed E-state index contributed by atoms with van der Waals surface area (Å²) >= 11 is 0. The van der Waals surface area contributed by atoms with Gasteiger partial charge in [0.2, 0.25) is 0 Å². The third kappa shape index (κ3) is 3.56. The summed E-state index contributed by atoms with van der Waals surface area (Å²) in [6, 6.07) is 15.2. The minimum absolute atomic E-state index is 0.00694. The largest absolute Gasteiger partial charge is 0.367 e. The number of nitrogens with zero attached hydrogens (tertiary/aromatic N) is 3. The lowest BCUT2D eigenvalue weighted by Crippen LogP contribution is -2.57. The van der Waals surface area contributed by atoms with Crippen LogP contribution in [0.5, 0.6) is 0 Å². The van der Waals surface area contributed by atoms with Crippen molar-refractivity contribution < 1.29 is 9.18 Å². The summed E-state index contributed by atoms with van der Waals surface area (Å²) in [4.78, 5) is 19.7. The Morgan fingerprint density at radius 1 is 1.04 bits per heavy atom. The van der Waals surface area contributed by atoms with Gasteiger partial charge in [0.1, 0.15) is 5.82 Å². The van der Waals surface area contributed by atoms with Crippen molar-refractivity contribution in [3.63, 3.8) is 0 Å². The van der Waals surface area contributed by atoms with Gasteiger partial charge in [-0.05, 0) is 49.7 Å². The molecule has 1 amide bonds. The van der Waals surface area contributed by atoms with Crippen LogP contribution in [0, 0.1) is 5.82 Å². The van der Waals surface area contributed by atoms with E-state index in [1.807, 2.05) is 4.90 Å². The van der Waals surface area contributed by atoms with Crippen LogP contribution in [0.1, 0.15) is 29.8 Å². The highest BCUT2D eigenvalue weighted by Crippen LogP contribution is 2.30. The smallest absolute Gasteiger partial charge is 0.253 e. The van der Waals surface area contributed by atoms with E-state index in [2.05, 4.69) is 47.9 Å². The van der Waals surface area contributed by atoms with Crippen LogP contribution in [0.25, 0.3) is 0 Å². The number of fused-ring (bicyclic) bond motifs is 2. The van der Waals surface area contributed by atoms with Crippen LogP contribution in [0.2, 0.25) is 0 Å². The van der Waals surface area contributed by atoms with Crippen molar-refractivity contribution in [3.05, 3.63) is 65.5 Å². The van der Waals surface area contributed by atoms with E-state index in [1.165, 1.54) is 23.4 Å². The molecule has 0 aromatic heterocycles. The van der Waals surface area contributed by atoms with Crippen LogP contribution in [-0.4, -0.2) is 54.0 Å². The van der Waals surface area contributed by atoms with Crippen LogP contribution >= 0.6 is 0 Å². The number of piperazine rings is 1. The van der Waals surface area contributed by atoms with Crippen LogP contribution in [0.4, 0.5) is 10.1 Å². The molecule has 0 radical (unpaired) electrons. The molecule has 0 aliphatic carbocycles. The van der Waals surface area contributed by atoms with E-state index in [9.17, 15) is 9.18 Å². The maximum Gasteiger partial charge on any atom is 0.253 e. The van der Waals surface area contributed by atoms with Gasteiger partial charge in [-0.15, -0.1) is 0 Å². The monoisotopic (exact) mass is 367 g/mol. The molecule has 4 nitrogen and oxygen atoms in total. The molecule has 0 saturated carbocycles. The van der Waals surface area contributed by atoms with Gasteiger partial charge < -0.3 is 9.80 Å². The zero-order chi connectivity index (χ0) is 19.0. The normalized spacial score (nSPS) is 20.2. The molecule has 5 heteroatoms. The van der Waals surface area contributed by atoms with Crippen LogP contribution in [0.15, 0.2) is 48.5 Å². The number of hydrogen-bond acceptors (Lipinski definition) is 3. The van der Waals surface area contributed by atoms with Gasteiger partial charge >= 0.3 is 0 Å². The Morgan fingerprint density at radius 2 is 1.78 bits per heavy atom. The zero-order valence-corrected chi connectivity index (χ0v) is 15.9. The Hall–Kier alpha value is -2.40. The van der Waals surface area contributed by atoms with Gasteiger partial charge in [-0.1, -0.05) is 18.2 Å². The second kappa shape index (κ2) is 7.31. The molecule has 0 N–H and O–H groups in total. The number of halogens is 1. The van der Waals surface area contributed by atoms with Crippen molar-refractivity contribution in [2.75, 3.05) is 31.1 Å². The fourth-order valence-electron chi connectivity index (χ4n) is 4.19. The Morgan fingerprint density at radius 3 is 2.52 bits per heavy atom. The summed E-state index contributed by atoms with van der Waals surface area (Å²) in [5.41, 5.74) is 3.22. The first-order valence-corrected chi connectivity index (χ1v) is 9.66. The summed E-state index contributed by atoms with van der Waals surface area (Å²) in [6.45, 7) is 8.53. The minimum Gasteiger partial charge on any atom is -0.367 e. The van der Waals surface area contributed by atoms with Gasteiger partial charge in [-0.2, -0.15) is 0 Å². The summed E-state index contributed by atoms with van der Waals surface area (Å²) in [6.07, 6.45) is 0. The molecule has 142 valence electrons. The number of benzene rings is 2. The summed E-state index contributed by atoms with van der Waals surface area (Å²) in [7, 11) is 0. The van der Waals surface area contributed by atoms with Crippen molar-refractivity contribution in [1.29, 1.82) is 0 Å². The van der Waals surface area contributed by atoms with E-state index >= 15 is 0 Å². The summed E-state index contributed by atoms with van der Waals surface area (Å²) in [5.74, 6) is -0.321. The second-order valence-corrected chi connectivity index (χ2v) is 7.76. The highest BCUT2D eigenvalue weighted by Gasteiger charge is 2.34. The molecule has 2 heterocycles. The van der Waals surface area contributed by atoms with Crippen molar-refractivity contribution in [1.82, 2.24) is 9.80 Å². The molecule has 1 unspecified atom stereocenters. The molecular formula is C22H26FN3O. The highest BCUT2D eigenvalue weighted by molar-refractivity contribution is 5.94. The van der Waals surface area contributed by atoms with E-state index in [-0.39, 0.29) is 17.8 Å². The molecule has 1 saturated heterocycles. The first kappa shape index (κ1) is 18.0. The molecule has 1 fully saturated rings. The second-order valence-electron chi connectivity index (χ2n) is 7.76.